The fourth-order valence-corrected chi connectivity index (χ4v) is 2.80. The molecule has 1 fully saturated rings. The molecule has 128 valence electrons. The number of hydrogen-bond acceptors (Lipinski definition) is 4. The summed E-state index contributed by atoms with van der Waals surface area (Å²) >= 11 is 0. The third kappa shape index (κ3) is 3.51. The largest absolute Gasteiger partial charge is 0.416 e. The fourth-order valence-electron chi connectivity index (χ4n) is 2.80. The van der Waals surface area contributed by atoms with Crippen molar-refractivity contribution in [3.05, 3.63) is 53.5 Å². The van der Waals surface area contributed by atoms with Crippen LogP contribution in [0.5, 0.6) is 0 Å². The van der Waals surface area contributed by atoms with Crippen LogP contribution in [0.25, 0.3) is 0 Å². The van der Waals surface area contributed by atoms with E-state index < -0.39 is 17.8 Å². The maximum absolute atomic E-state index is 12.9. The fraction of sp³-hybridized carbons (Fsp3) is 0.412. The number of morpholine rings is 1. The van der Waals surface area contributed by atoms with Crippen LogP contribution >= 0.6 is 0 Å². The highest BCUT2D eigenvalue weighted by molar-refractivity contribution is 5.41. The van der Waals surface area contributed by atoms with E-state index in [9.17, 15) is 13.2 Å². The van der Waals surface area contributed by atoms with Gasteiger partial charge < -0.3 is 9.64 Å². The topological polar surface area (TPSA) is 38.2 Å². The molecule has 7 heteroatoms. The van der Waals surface area contributed by atoms with Crippen molar-refractivity contribution in [3.63, 3.8) is 0 Å². The summed E-state index contributed by atoms with van der Waals surface area (Å²) in [5.41, 5.74) is -0.140. The molecule has 0 amide bonds. The van der Waals surface area contributed by atoms with Crippen molar-refractivity contribution in [1.29, 1.82) is 0 Å². The Kier molecular flexibility index (Phi) is 4.45. The Morgan fingerprint density at radius 1 is 1.25 bits per heavy atom. The third-order valence-electron chi connectivity index (χ3n) is 4.07. The van der Waals surface area contributed by atoms with Crippen molar-refractivity contribution < 1.29 is 17.9 Å². The van der Waals surface area contributed by atoms with Crippen molar-refractivity contribution in [3.8, 4) is 0 Å². The first kappa shape index (κ1) is 16.7. The van der Waals surface area contributed by atoms with Crippen LogP contribution in [0.3, 0.4) is 0 Å². The molecule has 24 heavy (non-hydrogen) atoms. The quantitative estimate of drug-likeness (QED) is 0.836. The minimum absolute atomic E-state index is 0.0846. The summed E-state index contributed by atoms with van der Waals surface area (Å²) in [4.78, 5) is 10.5. The number of aromatic nitrogens is 2. The van der Waals surface area contributed by atoms with Gasteiger partial charge in [0.1, 0.15) is 17.7 Å². The molecule has 1 aromatic carbocycles. The van der Waals surface area contributed by atoms with E-state index in [1.807, 2.05) is 11.8 Å². The molecule has 0 bridgehead atoms. The number of anilines is 1. The lowest BCUT2D eigenvalue weighted by atomic mass is 10.0. The predicted octanol–water partition coefficient (Wildman–Crippen LogP) is 3.77. The van der Waals surface area contributed by atoms with Gasteiger partial charge in [0.15, 0.2) is 0 Å². The highest BCUT2D eigenvalue weighted by Crippen LogP contribution is 2.33. The minimum Gasteiger partial charge on any atom is -0.370 e. The van der Waals surface area contributed by atoms with E-state index in [1.54, 1.807) is 25.3 Å². The number of hydrogen-bond donors (Lipinski definition) is 0. The molecule has 0 N–H and O–H groups in total. The van der Waals surface area contributed by atoms with Crippen LogP contribution in [0, 0.1) is 6.92 Å². The number of alkyl halides is 3. The van der Waals surface area contributed by atoms with Crippen LogP contribution in [0.15, 0.2) is 36.5 Å². The van der Waals surface area contributed by atoms with Crippen LogP contribution in [0.4, 0.5) is 19.0 Å². The van der Waals surface area contributed by atoms with E-state index in [1.165, 1.54) is 6.07 Å². The summed E-state index contributed by atoms with van der Waals surface area (Å²) in [6.07, 6.45) is -3.11. The van der Waals surface area contributed by atoms with Gasteiger partial charge in [-0.05, 0) is 37.6 Å². The number of ether oxygens (including phenoxy) is 1. The molecular formula is C17H18F3N3O. The number of benzene rings is 1. The number of aryl methyl sites for hydroxylation is 1. The van der Waals surface area contributed by atoms with Crippen LogP contribution < -0.4 is 4.90 Å². The normalized spacial score (nSPS) is 21.8. The zero-order chi connectivity index (χ0) is 17.3. The van der Waals surface area contributed by atoms with E-state index in [-0.39, 0.29) is 6.04 Å². The Labute approximate surface area is 138 Å². The molecule has 1 aliphatic heterocycles. The summed E-state index contributed by atoms with van der Waals surface area (Å²) in [5.74, 6) is 1.41. The van der Waals surface area contributed by atoms with Gasteiger partial charge in [-0.25, -0.2) is 9.97 Å². The van der Waals surface area contributed by atoms with Gasteiger partial charge in [-0.2, -0.15) is 13.2 Å². The minimum atomic E-state index is -4.36. The lowest BCUT2D eigenvalue weighted by Gasteiger charge is -2.39. The number of nitrogens with zero attached hydrogens (tertiary/aromatic N) is 3. The Morgan fingerprint density at radius 3 is 2.75 bits per heavy atom. The van der Waals surface area contributed by atoms with Crippen molar-refractivity contribution in [2.24, 2.45) is 0 Å². The summed E-state index contributed by atoms with van der Waals surface area (Å²) in [5, 5.41) is 0. The number of halogens is 3. The average Bonchev–Trinajstić information content (AvgIpc) is 2.54. The molecule has 1 aliphatic rings. The van der Waals surface area contributed by atoms with Crippen LogP contribution in [0.1, 0.15) is 30.0 Å². The van der Waals surface area contributed by atoms with E-state index >= 15 is 0 Å². The second kappa shape index (κ2) is 6.39. The van der Waals surface area contributed by atoms with Gasteiger partial charge in [-0.15, -0.1) is 0 Å². The van der Waals surface area contributed by atoms with Crippen LogP contribution in [-0.4, -0.2) is 29.2 Å². The summed E-state index contributed by atoms with van der Waals surface area (Å²) in [7, 11) is 0. The van der Waals surface area contributed by atoms with Gasteiger partial charge in [-0.3, -0.25) is 0 Å². The SMILES string of the molecule is Cc1nccc(N2C[C@H](c3cccc(C(F)(F)F)c3)OC[C@H]2C)n1. The maximum Gasteiger partial charge on any atom is 0.416 e. The maximum atomic E-state index is 12.9. The molecular weight excluding hydrogens is 319 g/mol. The average molecular weight is 337 g/mol. The summed E-state index contributed by atoms with van der Waals surface area (Å²) in [6, 6.07) is 7.20. The lowest BCUT2D eigenvalue weighted by molar-refractivity contribution is -0.137. The third-order valence-corrected chi connectivity index (χ3v) is 4.07. The molecule has 2 heterocycles. The molecule has 0 unspecified atom stereocenters. The van der Waals surface area contributed by atoms with Gasteiger partial charge >= 0.3 is 6.18 Å². The molecule has 2 aromatic rings. The summed E-state index contributed by atoms with van der Waals surface area (Å²) < 4.78 is 44.5. The van der Waals surface area contributed by atoms with Crippen molar-refractivity contribution in [2.75, 3.05) is 18.1 Å². The first-order valence-corrected chi connectivity index (χ1v) is 7.69. The molecule has 0 spiro atoms. The Morgan fingerprint density at radius 2 is 2.04 bits per heavy atom. The Balaban J connectivity index is 1.86. The standard InChI is InChI=1S/C17H18F3N3O/c1-11-10-24-15(9-23(11)16-6-7-21-12(2)22-16)13-4-3-5-14(8-13)17(18,19)20/h3-8,11,15H,9-10H2,1-2H3/t11-,15-/m1/s1. The zero-order valence-corrected chi connectivity index (χ0v) is 13.4. The first-order chi connectivity index (χ1) is 11.3. The van der Waals surface area contributed by atoms with Crippen LogP contribution in [0.2, 0.25) is 0 Å². The molecule has 0 saturated carbocycles. The van der Waals surface area contributed by atoms with E-state index in [2.05, 4.69) is 9.97 Å². The second-order valence-corrected chi connectivity index (χ2v) is 5.91. The van der Waals surface area contributed by atoms with E-state index in [0.717, 1.165) is 18.0 Å². The predicted molar refractivity (Wildman–Crippen MR) is 83.7 cm³/mol. The molecule has 1 aromatic heterocycles. The zero-order valence-electron chi connectivity index (χ0n) is 13.4. The van der Waals surface area contributed by atoms with Crippen molar-refractivity contribution in [1.82, 2.24) is 9.97 Å². The lowest BCUT2D eigenvalue weighted by Crippen LogP contribution is -2.45. The molecule has 3 rings (SSSR count). The van der Waals surface area contributed by atoms with Gasteiger partial charge in [0.2, 0.25) is 0 Å². The monoisotopic (exact) mass is 337 g/mol. The van der Waals surface area contributed by atoms with E-state index in [0.29, 0.717) is 24.5 Å². The van der Waals surface area contributed by atoms with Crippen LogP contribution in [-0.2, 0) is 10.9 Å². The van der Waals surface area contributed by atoms with Gasteiger partial charge in [0.05, 0.1) is 24.8 Å². The second-order valence-electron chi connectivity index (χ2n) is 5.91. The van der Waals surface area contributed by atoms with Gasteiger partial charge in [0, 0.05) is 6.20 Å². The molecule has 0 aliphatic carbocycles. The molecule has 4 nitrogen and oxygen atoms in total. The molecule has 2 atom stereocenters. The highest BCUT2D eigenvalue weighted by Gasteiger charge is 2.33. The smallest absolute Gasteiger partial charge is 0.370 e. The van der Waals surface area contributed by atoms with Gasteiger partial charge in [-0.1, -0.05) is 12.1 Å². The van der Waals surface area contributed by atoms with Crippen molar-refractivity contribution in [2.45, 2.75) is 32.2 Å². The van der Waals surface area contributed by atoms with Gasteiger partial charge in [0.25, 0.3) is 0 Å². The first-order valence-electron chi connectivity index (χ1n) is 7.69. The Bertz CT molecular complexity index is 720. The summed E-state index contributed by atoms with van der Waals surface area (Å²) in [6.45, 7) is 4.67. The van der Waals surface area contributed by atoms with Crippen molar-refractivity contribution >= 4 is 5.82 Å². The number of rotatable bonds is 2. The highest BCUT2D eigenvalue weighted by atomic mass is 19.4. The molecule has 1 saturated heterocycles. The Hall–Kier alpha value is -2.15. The molecule has 0 radical (unpaired) electrons. The van der Waals surface area contributed by atoms with E-state index in [4.69, 9.17) is 4.74 Å².